The summed E-state index contributed by atoms with van der Waals surface area (Å²) in [6.07, 6.45) is 3.98. The Kier molecular flexibility index (Phi) is 13.4. The Morgan fingerprint density at radius 3 is 2.31 bits per heavy atom. The molecule has 1 saturated heterocycles. The highest BCUT2D eigenvalue weighted by Gasteiger charge is 2.25. The van der Waals surface area contributed by atoms with Gasteiger partial charge in [0.1, 0.15) is 18.0 Å². The van der Waals surface area contributed by atoms with Gasteiger partial charge in [-0.05, 0) is 96.0 Å². The molecule has 0 bridgehead atoms. The van der Waals surface area contributed by atoms with E-state index in [-0.39, 0.29) is 18.6 Å². The van der Waals surface area contributed by atoms with E-state index in [0.29, 0.717) is 43.9 Å². The lowest BCUT2D eigenvalue weighted by Gasteiger charge is -2.34. The van der Waals surface area contributed by atoms with Crippen LogP contribution in [0.2, 0.25) is 0 Å². The third kappa shape index (κ3) is 11.4. The van der Waals surface area contributed by atoms with Gasteiger partial charge in [0.05, 0.1) is 0 Å². The number of hydroxylamine groups is 1. The molecule has 1 aliphatic heterocycles. The molecule has 2 amide bonds. The van der Waals surface area contributed by atoms with Crippen LogP contribution in [-0.4, -0.2) is 78.6 Å². The summed E-state index contributed by atoms with van der Waals surface area (Å²) in [6.45, 7) is 16.7. The number of hydrogen-bond donors (Lipinski definition) is 1. The molecule has 0 saturated carbocycles. The van der Waals surface area contributed by atoms with E-state index in [1.54, 1.807) is 17.0 Å². The van der Waals surface area contributed by atoms with Crippen LogP contribution in [0.25, 0.3) is 16.8 Å². The van der Waals surface area contributed by atoms with Gasteiger partial charge in [-0.2, -0.15) is 0 Å². The van der Waals surface area contributed by atoms with Crippen LogP contribution < -0.4 is 10.2 Å². The molecule has 9 heteroatoms. The first-order chi connectivity index (χ1) is 22.9. The molecule has 0 radical (unpaired) electrons. The molecule has 0 aliphatic carbocycles. The molecular weight excluding hydrogens is 606 g/mol. The number of carbonyl (C=O) groups is 2. The van der Waals surface area contributed by atoms with E-state index in [2.05, 4.69) is 50.2 Å². The van der Waals surface area contributed by atoms with Crippen molar-refractivity contribution in [1.29, 1.82) is 0 Å². The maximum absolute atomic E-state index is 13.6. The van der Waals surface area contributed by atoms with Crippen molar-refractivity contribution in [3.05, 3.63) is 83.4 Å². The van der Waals surface area contributed by atoms with E-state index in [1.165, 1.54) is 0 Å². The van der Waals surface area contributed by atoms with Crippen molar-refractivity contribution in [2.75, 3.05) is 32.8 Å². The molecule has 0 spiro atoms. The average Bonchev–Trinajstić information content (AvgIpc) is 3.05. The van der Waals surface area contributed by atoms with Crippen LogP contribution in [0, 0.1) is 0 Å². The third-order valence-corrected chi connectivity index (χ3v) is 8.13. The Hall–Kier alpha value is -3.92. The van der Waals surface area contributed by atoms with Gasteiger partial charge in [0.25, 0.3) is 5.91 Å². The SMILES string of the molecule is CC(C)N(CCN(CC(=Cc1ccc(C(=O)NOC2CCCCO2)cc1)COc1cccc2ccccc12)C(=O)OC(C)(C)C)C(C)C. The van der Waals surface area contributed by atoms with E-state index in [1.807, 2.05) is 69.3 Å². The van der Waals surface area contributed by atoms with Gasteiger partial charge in [-0.15, -0.1) is 0 Å². The first-order valence-corrected chi connectivity index (χ1v) is 17.1. The summed E-state index contributed by atoms with van der Waals surface area (Å²) in [7, 11) is 0. The van der Waals surface area contributed by atoms with Gasteiger partial charge in [0.15, 0.2) is 6.29 Å². The van der Waals surface area contributed by atoms with Gasteiger partial charge < -0.3 is 19.1 Å². The number of rotatable bonds is 14. The molecule has 48 heavy (non-hydrogen) atoms. The number of benzene rings is 3. The summed E-state index contributed by atoms with van der Waals surface area (Å²) in [5.41, 5.74) is 4.09. The van der Waals surface area contributed by atoms with Crippen LogP contribution in [0.15, 0.2) is 72.3 Å². The number of fused-ring (bicyclic) bond motifs is 1. The Bertz CT molecular complexity index is 1490. The number of amides is 2. The van der Waals surface area contributed by atoms with Crippen LogP contribution in [-0.2, 0) is 14.3 Å². The van der Waals surface area contributed by atoms with Gasteiger partial charge in [-0.3, -0.25) is 9.69 Å². The fraction of sp³-hybridized carbons (Fsp3) is 0.487. The monoisotopic (exact) mass is 659 g/mol. The summed E-state index contributed by atoms with van der Waals surface area (Å²) in [6, 6.07) is 22.0. The molecule has 1 unspecified atom stereocenters. The minimum Gasteiger partial charge on any atom is -0.489 e. The summed E-state index contributed by atoms with van der Waals surface area (Å²) in [5.74, 6) is 0.428. The van der Waals surface area contributed by atoms with Crippen LogP contribution in [0.3, 0.4) is 0 Å². The summed E-state index contributed by atoms with van der Waals surface area (Å²) < 4.78 is 17.8. The molecule has 1 atom stereocenters. The maximum atomic E-state index is 13.6. The lowest BCUT2D eigenvalue weighted by Crippen LogP contribution is -2.46. The van der Waals surface area contributed by atoms with E-state index < -0.39 is 11.9 Å². The zero-order valence-electron chi connectivity index (χ0n) is 29.7. The number of hydrogen-bond acceptors (Lipinski definition) is 7. The average molecular weight is 660 g/mol. The minimum absolute atomic E-state index is 0.253. The molecule has 0 aromatic heterocycles. The predicted octanol–water partition coefficient (Wildman–Crippen LogP) is 7.85. The summed E-state index contributed by atoms with van der Waals surface area (Å²) in [5, 5.41) is 2.11. The predicted molar refractivity (Wildman–Crippen MR) is 191 cm³/mol. The third-order valence-electron chi connectivity index (χ3n) is 8.13. The number of ether oxygens (including phenoxy) is 3. The van der Waals surface area contributed by atoms with Crippen LogP contribution in [0.5, 0.6) is 5.75 Å². The van der Waals surface area contributed by atoms with Gasteiger partial charge >= 0.3 is 6.09 Å². The van der Waals surface area contributed by atoms with E-state index in [4.69, 9.17) is 19.0 Å². The van der Waals surface area contributed by atoms with Gasteiger partial charge in [0, 0.05) is 55.7 Å². The highest BCUT2D eigenvalue weighted by molar-refractivity contribution is 5.93. The molecule has 260 valence electrons. The fourth-order valence-electron chi connectivity index (χ4n) is 5.73. The molecule has 9 nitrogen and oxygen atoms in total. The van der Waals surface area contributed by atoms with Gasteiger partial charge in [-0.1, -0.05) is 54.6 Å². The Morgan fingerprint density at radius 1 is 0.938 bits per heavy atom. The quantitative estimate of drug-likeness (QED) is 0.176. The number of nitrogens with one attached hydrogen (secondary N) is 1. The first kappa shape index (κ1) is 36.9. The van der Waals surface area contributed by atoms with Gasteiger partial charge in [0.2, 0.25) is 0 Å². The molecule has 1 heterocycles. The van der Waals surface area contributed by atoms with Crippen molar-refractivity contribution in [2.24, 2.45) is 0 Å². The molecule has 4 rings (SSSR count). The number of nitrogens with zero attached hydrogens (tertiary/aromatic N) is 2. The topological polar surface area (TPSA) is 89.6 Å². The molecule has 1 fully saturated rings. The van der Waals surface area contributed by atoms with E-state index >= 15 is 0 Å². The van der Waals surface area contributed by atoms with Crippen molar-refractivity contribution < 1.29 is 28.6 Å². The highest BCUT2D eigenvalue weighted by Crippen LogP contribution is 2.26. The largest absolute Gasteiger partial charge is 0.489 e. The second-order valence-electron chi connectivity index (χ2n) is 13.9. The van der Waals surface area contributed by atoms with Crippen LogP contribution in [0.1, 0.15) is 83.7 Å². The fourth-order valence-corrected chi connectivity index (χ4v) is 5.73. The van der Waals surface area contributed by atoms with Crippen LogP contribution in [0.4, 0.5) is 4.79 Å². The molecule has 1 N–H and O–H groups in total. The molecular formula is C39H53N3O6. The van der Waals surface area contributed by atoms with Crippen molar-refractivity contribution in [2.45, 2.75) is 91.7 Å². The van der Waals surface area contributed by atoms with Gasteiger partial charge in [-0.25, -0.2) is 15.1 Å². The highest BCUT2D eigenvalue weighted by atomic mass is 16.8. The second-order valence-corrected chi connectivity index (χ2v) is 13.9. The molecule has 1 aliphatic rings. The minimum atomic E-state index is -0.641. The lowest BCUT2D eigenvalue weighted by molar-refractivity contribution is -0.186. The zero-order valence-corrected chi connectivity index (χ0v) is 29.7. The normalized spacial score (nSPS) is 15.6. The maximum Gasteiger partial charge on any atom is 0.410 e. The Balaban J connectivity index is 1.58. The standard InChI is InChI=1S/C39H53N3O6/c1-28(2)42(29(3)4)23-22-41(38(44)47-39(5,6)7)26-31(27-46-35-16-12-14-32-13-8-9-15-34(32)35)25-30-18-20-33(21-19-30)37(43)40-48-36-17-10-11-24-45-36/h8-9,12-16,18-21,25,28-29,36H,10-11,17,22-24,26-27H2,1-7H3,(H,40,43). The van der Waals surface area contributed by atoms with Crippen molar-refractivity contribution in [3.63, 3.8) is 0 Å². The molecule has 3 aromatic rings. The summed E-state index contributed by atoms with van der Waals surface area (Å²) in [4.78, 5) is 35.9. The number of carbonyl (C=O) groups excluding carboxylic acids is 2. The van der Waals surface area contributed by atoms with E-state index in [0.717, 1.165) is 46.9 Å². The van der Waals surface area contributed by atoms with Crippen molar-refractivity contribution in [3.8, 4) is 5.75 Å². The summed E-state index contributed by atoms with van der Waals surface area (Å²) >= 11 is 0. The van der Waals surface area contributed by atoms with Crippen LogP contribution >= 0.6 is 0 Å². The Labute approximate surface area is 286 Å². The van der Waals surface area contributed by atoms with Crippen molar-refractivity contribution in [1.82, 2.24) is 15.3 Å². The smallest absolute Gasteiger partial charge is 0.410 e. The zero-order chi connectivity index (χ0) is 34.7. The first-order valence-electron chi connectivity index (χ1n) is 17.1. The molecule has 3 aromatic carbocycles. The lowest BCUT2D eigenvalue weighted by atomic mass is 10.1. The van der Waals surface area contributed by atoms with Crippen molar-refractivity contribution >= 4 is 28.8 Å². The van der Waals surface area contributed by atoms with E-state index in [9.17, 15) is 9.59 Å². The second kappa shape index (κ2) is 17.5. The Morgan fingerprint density at radius 2 is 1.65 bits per heavy atom.